The lowest BCUT2D eigenvalue weighted by Gasteiger charge is -2.11. The lowest BCUT2D eigenvalue weighted by atomic mass is 10.2. The number of carbonyl (C=O) groups is 1. The van der Waals surface area contributed by atoms with E-state index in [4.69, 9.17) is 10.00 Å². The van der Waals surface area contributed by atoms with E-state index in [9.17, 15) is 4.79 Å². The number of aromatic nitrogens is 1. The maximum atomic E-state index is 12.3. The minimum atomic E-state index is -0.344. The molecule has 0 aliphatic carbocycles. The number of amides is 1. The van der Waals surface area contributed by atoms with Crippen molar-refractivity contribution in [2.24, 2.45) is 0 Å². The first-order valence-corrected chi connectivity index (χ1v) is 7.87. The molecule has 3 rings (SSSR count). The van der Waals surface area contributed by atoms with Gasteiger partial charge in [-0.2, -0.15) is 5.26 Å². The molecule has 0 unspecified atom stereocenters. The number of rotatable bonds is 5. The van der Waals surface area contributed by atoms with Gasteiger partial charge in [-0.15, -0.1) is 0 Å². The van der Waals surface area contributed by atoms with Gasteiger partial charge >= 0.3 is 0 Å². The predicted octanol–water partition coefficient (Wildman–Crippen LogP) is 3.96. The van der Waals surface area contributed by atoms with Crippen molar-refractivity contribution in [2.75, 3.05) is 17.7 Å². The Morgan fingerprint density at radius 3 is 2.65 bits per heavy atom. The fraction of sp³-hybridized carbons (Fsp3) is 0.0500. The fourth-order valence-electron chi connectivity index (χ4n) is 2.37. The van der Waals surface area contributed by atoms with Crippen LogP contribution in [0, 0.1) is 11.3 Å². The van der Waals surface area contributed by atoms with Crippen LogP contribution in [0.15, 0.2) is 66.9 Å². The normalized spacial score (nSPS) is 9.85. The van der Waals surface area contributed by atoms with Gasteiger partial charge in [-0.1, -0.05) is 18.2 Å². The molecule has 0 fully saturated rings. The summed E-state index contributed by atoms with van der Waals surface area (Å²) in [5.41, 5.74) is 2.84. The first-order valence-electron chi connectivity index (χ1n) is 7.87. The number of carbonyl (C=O) groups excluding carboxylic acids is 1. The molecule has 2 aromatic carbocycles. The topological polar surface area (TPSA) is 87.0 Å². The number of benzene rings is 2. The molecule has 0 aliphatic heterocycles. The molecule has 1 aromatic heterocycles. The van der Waals surface area contributed by atoms with Crippen LogP contribution in [-0.4, -0.2) is 18.0 Å². The number of para-hydroxylation sites is 2. The number of pyridine rings is 1. The summed E-state index contributed by atoms with van der Waals surface area (Å²) in [5, 5.41) is 14.8. The minimum absolute atomic E-state index is 0.276. The molecule has 0 aliphatic rings. The Labute approximate surface area is 151 Å². The van der Waals surface area contributed by atoms with Crippen LogP contribution in [0.25, 0.3) is 0 Å². The van der Waals surface area contributed by atoms with Gasteiger partial charge in [-0.05, 0) is 42.5 Å². The van der Waals surface area contributed by atoms with E-state index in [1.54, 1.807) is 49.7 Å². The zero-order valence-corrected chi connectivity index (χ0v) is 14.1. The lowest BCUT2D eigenvalue weighted by molar-refractivity contribution is 0.102. The van der Waals surface area contributed by atoms with Crippen molar-refractivity contribution in [2.45, 2.75) is 0 Å². The summed E-state index contributed by atoms with van der Waals surface area (Å²) in [6.07, 6.45) is 1.58. The molecule has 0 saturated heterocycles. The molecular weight excluding hydrogens is 328 g/mol. The maximum Gasteiger partial charge on any atom is 0.274 e. The summed E-state index contributed by atoms with van der Waals surface area (Å²) in [5.74, 6) is 0.371. The molecule has 1 amide bonds. The average molecular weight is 344 g/mol. The van der Waals surface area contributed by atoms with Crippen molar-refractivity contribution in [1.29, 1.82) is 5.26 Å². The number of hydrogen-bond donors (Lipinski definition) is 2. The Bertz CT molecular complexity index is 962. The van der Waals surface area contributed by atoms with E-state index < -0.39 is 0 Å². The van der Waals surface area contributed by atoms with Gasteiger partial charge < -0.3 is 15.4 Å². The van der Waals surface area contributed by atoms with E-state index >= 15 is 0 Å². The van der Waals surface area contributed by atoms with Crippen molar-refractivity contribution >= 4 is 23.0 Å². The highest BCUT2D eigenvalue weighted by atomic mass is 16.5. The molecule has 0 spiro atoms. The van der Waals surface area contributed by atoms with E-state index in [2.05, 4.69) is 15.6 Å². The summed E-state index contributed by atoms with van der Waals surface area (Å²) in [4.78, 5) is 16.5. The highest BCUT2D eigenvalue weighted by Gasteiger charge is 2.09. The smallest absolute Gasteiger partial charge is 0.274 e. The van der Waals surface area contributed by atoms with Gasteiger partial charge in [-0.25, -0.2) is 4.98 Å². The zero-order valence-electron chi connectivity index (χ0n) is 14.1. The highest BCUT2D eigenvalue weighted by molar-refractivity contribution is 6.03. The molecular formula is C20H16N4O2. The van der Waals surface area contributed by atoms with Crippen LogP contribution in [0.3, 0.4) is 0 Å². The van der Waals surface area contributed by atoms with E-state index in [-0.39, 0.29) is 11.6 Å². The number of hydrogen-bond acceptors (Lipinski definition) is 5. The summed E-state index contributed by atoms with van der Waals surface area (Å²) in [6, 6.07) is 19.7. The second-order valence-electron chi connectivity index (χ2n) is 5.40. The Hall–Kier alpha value is -3.85. The predicted molar refractivity (Wildman–Crippen MR) is 99.6 cm³/mol. The van der Waals surface area contributed by atoms with Gasteiger partial charge in [0.05, 0.1) is 36.3 Å². The van der Waals surface area contributed by atoms with Gasteiger partial charge in [0, 0.05) is 5.69 Å². The maximum absolute atomic E-state index is 12.3. The van der Waals surface area contributed by atoms with Gasteiger partial charge in [0.15, 0.2) is 0 Å². The summed E-state index contributed by atoms with van der Waals surface area (Å²) in [7, 11) is 1.60. The minimum Gasteiger partial charge on any atom is -0.495 e. The SMILES string of the molecule is COc1ccccc1Nc1ccc(C(=O)Nc2cccc(C#N)c2)nc1. The first kappa shape index (κ1) is 17.0. The Morgan fingerprint density at radius 2 is 1.92 bits per heavy atom. The molecule has 2 N–H and O–H groups in total. The molecule has 0 saturated carbocycles. The number of anilines is 3. The molecule has 128 valence electrons. The van der Waals surface area contributed by atoms with Crippen molar-refractivity contribution in [3.8, 4) is 11.8 Å². The van der Waals surface area contributed by atoms with Crippen molar-refractivity contribution in [3.63, 3.8) is 0 Å². The van der Waals surface area contributed by atoms with Gasteiger partial charge in [0.2, 0.25) is 0 Å². The van der Waals surface area contributed by atoms with Crippen molar-refractivity contribution in [3.05, 3.63) is 78.1 Å². The third-order valence-corrected chi connectivity index (χ3v) is 3.63. The third-order valence-electron chi connectivity index (χ3n) is 3.63. The first-order chi connectivity index (χ1) is 12.7. The highest BCUT2D eigenvalue weighted by Crippen LogP contribution is 2.26. The number of methoxy groups -OCH3 is 1. The van der Waals surface area contributed by atoms with Crippen LogP contribution in [-0.2, 0) is 0 Å². The molecule has 26 heavy (non-hydrogen) atoms. The molecule has 0 atom stereocenters. The molecule has 1 heterocycles. The van der Waals surface area contributed by atoms with E-state index in [0.29, 0.717) is 17.0 Å². The number of nitrogens with one attached hydrogen (secondary N) is 2. The quantitative estimate of drug-likeness (QED) is 0.731. The molecule has 6 nitrogen and oxygen atoms in total. The van der Waals surface area contributed by atoms with E-state index in [1.807, 2.05) is 30.3 Å². The zero-order chi connectivity index (χ0) is 18.4. The van der Waals surface area contributed by atoms with Gasteiger partial charge in [-0.3, -0.25) is 4.79 Å². The monoisotopic (exact) mass is 344 g/mol. The van der Waals surface area contributed by atoms with Crippen molar-refractivity contribution < 1.29 is 9.53 Å². The second-order valence-corrected chi connectivity index (χ2v) is 5.40. The van der Waals surface area contributed by atoms with Crippen LogP contribution >= 0.6 is 0 Å². The summed E-state index contributed by atoms with van der Waals surface area (Å²) < 4.78 is 5.29. The van der Waals surface area contributed by atoms with Gasteiger partial charge in [0.25, 0.3) is 5.91 Å². The number of nitriles is 1. The Balaban J connectivity index is 1.70. The fourth-order valence-corrected chi connectivity index (χ4v) is 2.37. The second kappa shape index (κ2) is 7.81. The van der Waals surface area contributed by atoms with Crippen LogP contribution < -0.4 is 15.4 Å². The summed E-state index contributed by atoms with van der Waals surface area (Å²) in [6.45, 7) is 0. The molecule has 0 radical (unpaired) electrons. The van der Waals surface area contributed by atoms with Crippen LogP contribution in [0.4, 0.5) is 17.1 Å². The van der Waals surface area contributed by atoms with Gasteiger partial charge in [0.1, 0.15) is 11.4 Å². The van der Waals surface area contributed by atoms with Crippen LogP contribution in [0.5, 0.6) is 5.75 Å². The standard InChI is InChI=1S/C20H16N4O2/c1-26-19-8-3-2-7-17(19)23-16-9-10-18(22-13-16)20(25)24-15-6-4-5-14(11-15)12-21/h2-11,13,23H,1H3,(H,24,25). The molecule has 6 heteroatoms. The van der Waals surface area contributed by atoms with Crippen LogP contribution in [0.2, 0.25) is 0 Å². The van der Waals surface area contributed by atoms with E-state index in [0.717, 1.165) is 11.4 Å². The largest absolute Gasteiger partial charge is 0.495 e. The number of ether oxygens (including phenoxy) is 1. The molecule has 0 bridgehead atoms. The summed E-state index contributed by atoms with van der Waals surface area (Å²) >= 11 is 0. The van der Waals surface area contributed by atoms with Crippen molar-refractivity contribution in [1.82, 2.24) is 4.98 Å². The molecule has 3 aromatic rings. The van der Waals surface area contributed by atoms with Crippen LogP contribution in [0.1, 0.15) is 16.1 Å². The number of nitrogens with zero attached hydrogens (tertiary/aromatic N) is 2. The Kier molecular flexibility index (Phi) is 5.11. The lowest BCUT2D eigenvalue weighted by Crippen LogP contribution is -2.13. The van der Waals surface area contributed by atoms with E-state index in [1.165, 1.54) is 0 Å². The third kappa shape index (κ3) is 3.97. The Morgan fingerprint density at radius 1 is 1.08 bits per heavy atom. The average Bonchev–Trinajstić information content (AvgIpc) is 2.69.